The molecule has 0 fully saturated rings. The summed E-state index contributed by atoms with van der Waals surface area (Å²) < 4.78 is 21.9. The van der Waals surface area contributed by atoms with E-state index in [2.05, 4.69) is 0 Å². The van der Waals surface area contributed by atoms with E-state index in [0.29, 0.717) is 22.3 Å². The number of nitrogens with zero attached hydrogens (tertiary/aromatic N) is 1. The molecule has 4 N–H and O–H groups in total. The third kappa shape index (κ3) is 3.40. The van der Waals surface area contributed by atoms with Crippen LogP contribution in [0.4, 0.5) is 0 Å². The molecule has 0 radical (unpaired) electrons. The van der Waals surface area contributed by atoms with Crippen LogP contribution in [0.25, 0.3) is 11.0 Å². The van der Waals surface area contributed by atoms with Gasteiger partial charge in [0, 0.05) is 0 Å². The fourth-order valence-corrected chi connectivity index (χ4v) is 3.53. The first-order valence-electron chi connectivity index (χ1n) is 9.17. The molecule has 3 aromatic rings. The van der Waals surface area contributed by atoms with Gasteiger partial charge in [0.2, 0.25) is 5.88 Å². The Balaban J connectivity index is 1.96. The highest BCUT2D eigenvalue weighted by atomic mass is 16.5. The maximum atomic E-state index is 12.9. The standard InChI is InChI=1S/C22H17N3O6/c1-28-15-7-6-11(8-16(15)29-10-17(24)26)18-13(9-23)21(25)31-20-12-4-2-3-5-14(12)30-22(27)19(18)20/h2-8,18H,10,25H2,1H3,(H2,24,26)/t18-/m1/s1. The maximum absolute atomic E-state index is 12.9. The molecule has 0 bridgehead atoms. The topological polar surface area (TPSA) is 151 Å². The number of hydrogen-bond acceptors (Lipinski definition) is 8. The van der Waals surface area contributed by atoms with E-state index in [1.807, 2.05) is 6.07 Å². The molecule has 0 aliphatic carbocycles. The van der Waals surface area contributed by atoms with E-state index in [1.54, 1.807) is 42.5 Å². The number of carbonyl (C=O) groups is 1. The van der Waals surface area contributed by atoms with Crippen LogP contribution in [0, 0.1) is 11.3 Å². The molecule has 1 amide bonds. The van der Waals surface area contributed by atoms with E-state index in [9.17, 15) is 14.9 Å². The van der Waals surface area contributed by atoms with Crippen LogP contribution >= 0.6 is 0 Å². The lowest BCUT2D eigenvalue weighted by Gasteiger charge is -2.26. The summed E-state index contributed by atoms with van der Waals surface area (Å²) in [5.74, 6) is -0.879. The van der Waals surface area contributed by atoms with Gasteiger partial charge in [-0.2, -0.15) is 5.26 Å². The molecule has 0 saturated heterocycles. The highest BCUT2D eigenvalue weighted by Gasteiger charge is 2.36. The van der Waals surface area contributed by atoms with E-state index in [-0.39, 0.29) is 35.1 Å². The Morgan fingerprint density at radius 2 is 2.00 bits per heavy atom. The monoisotopic (exact) mass is 419 g/mol. The summed E-state index contributed by atoms with van der Waals surface area (Å²) in [4.78, 5) is 24.1. The van der Waals surface area contributed by atoms with Crippen molar-refractivity contribution in [2.45, 2.75) is 5.92 Å². The Kier molecular flexibility index (Phi) is 4.97. The van der Waals surface area contributed by atoms with Crippen LogP contribution in [0.2, 0.25) is 0 Å². The lowest BCUT2D eigenvalue weighted by Crippen LogP contribution is -2.26. The largest absolute Gasteiger partial charge is 0.493 e. The normalized spacial score (nSPS) is 15.0. The maximum Gasteiger partial charge on any atom is 0.344 e. The SMILES string of the molecule is COc1ccc([C@@H]2C(C#N)=C(N)Oc3c2c(=O)oc2ccccc32)cc1OCC(N)=O. The quantitative estimate of drug-likeness (QED) is 0.595. The number of hydrogen-bond donors (Lipinski definition) is 2. The van der Waals surface area contributed by atoms with Gasteiger partial charge in [0.05, 0.1) is 24.0 Å². The number of nitriles is 1. The highest BCUT2D eigenvalue weighted by Crippen LogP contribution is 2.44. The fourth-order valence-electron chi connectivity index (χ4n) is 3.53. The lowest BCUT2D eigenvalue weighted by atomic mass is 9.83. The molecule has 9 heteroatoms. The molecule has 9 nitrogen and oxygen atoms in total. The molecule has 1 aromatic heterocycles. The van der Waals surface area contributed by atoms with Crippen LogP contribution in [0.15, 0.2) is 63.1 Å². The molecular weight excluding hydrogens is 402 g/mol. The molecule has 4 rings (SSSR count). The van der Waals surface area contributed by atoms with Gasteiger partial charge in [-0.25, -0.2) is 4.79 Å². The number of primary amides is 1. The van der Waals surface area contributed by atoms with Crippen LogP contribution in [0.1, 0.15) is 17.0 Å². The van der Waals surface area contributed by atoms with Gasteiger partial charge in [-0.3, -0.25) is 4.79 Å². The zero-order valence-electron chi connectivity index (χ0n) is 16.4. The summed E-state index contributed by atoms with van der Waals surface area (Å²) in [5.41, 5.74) is 11.6. The molecule has 2 aromatic carbocycles. The van der Waals surface area contributed by atoms with Gasteiger partial charge in [0.1, 0.15) is 17.2 Å². The number of ether oxygens (including phenoxy) is 3. The molecule has 156 valence electrons. The van der Waals surface area contributed by atoms with Crippen molar-refractivity contribution in [1.29, 1.82) is 5.26 Å². The third-order valence-corrected chi connectivity index (χ3v) is 4.87. The fraction of sp³-hybridized carbons (Fsp3) is 0.136. The van der Waals surface area contributed by atoms with E-state index >= 15 is 0 Å². The summed E-state index contributed by atoms with van der Waals surface area (Å²) in [6.45, 7) is -0.375. The predicted octanol–water partition coefficient (Wildman–Crippen LogP) is 1.88. The van der Waals surface area contributed by atoms with E-state index in [4.69, 9.17) is 30.1 Å². The molecule has 0 saturated carbocycles. The van der Waals surface area contributed by atoms with Crippen molar-refractivity contribution in [3.8, 4) is 23.3 Å². The van der Waals surface area contributed by atoms with E-state index in [0.717, 1.165) is 0 Å². The molecule has 1 aliphatic rings. The minimum atomic E-state index is -0.878. The van der Waals surface area contributed by atoms with Gasteiger partial charge >= 0.3 is 5.63 Å². The van der Waals surface area contributed by atoms with Crippen molar-refractivity contribution in [1.82, 2.24) is 0 Å². The number of nitrogens with two attached hydrogens (primary N) is 2. The zero-order valence-corrected chi connectivity index (χ0v) is 16.4. The predicted molar refractivity (Wildman–Crippen MR) is 109 cm³/mol. The first-order chi connectivity index (χ1) is 14.9. The Bertz CT molecular complexity index is 1340. The molecular formula is C22H17N3O6. The lowest BCUT2D eigenvalue weighted by molar-refractivity contribution is -0.119. The number of para-hydroxylation sites is 1. The average Bonchev–Trinajstić information content (AvgIpc) is 2.76. The van der Waals surface area contributed by atoms with Crippen LogP contribution in [0.5, 0.6) is 17.2 Å². The third-order valence-electron chi connectivity index (χ3n) is 4.87. The second-order valence-corrected chi connectivity index (χ2v) is 6.72. The van der Waals surface area contributed by atoms with Gasteiger partial charge < -0.3 is 30.1 Å². The summed E-state index contributed by atoms with van der Waals surface area (Å²) in [5, 5.41) is 10.3. The summed E-state index contributed by atoms with van der Waals surface area (Å²) in [6, 6.07) is 13.7. The Morgan fingerprint density at radius 1 is 1.23 bits per heavy atom. The summed E-state index contributed by atoms with van der Waals surface area (Å²) >= 11 is 0. The average molecular weight is 419 g/mol. The van der Waals surface area contributed by atoms with Crippen molar-refractivity contribution in [3.05, 3.63) is 75.5 Å². The van der Waals surface area contributed by atoms with Crippen molar-refractivity contribution in [2.24, 2.45) is 11.5 Å². The van der Waals surface area contributed by atoms with Gasteiger partial charge in [-0.05, 0) is 29.8 Å². The van der Waals surface area contributed by atoms with Crippen molar-refractivity contribution < 1.29 is 23.4 Å². The van der Waals surface area contributed by atoms with Gasteiger partial charge in [-0.1, -0.05) is 18.2 Å². The van der Waals surface area contributed by atoms with Crippen molar-refractivity contribution >= 4 is 16.9 Å². The number of methoxy groups -OCH3 is 1. The Hall–Kier alpha value is -4.45. The number of allylic oxidation sites excluding steroid dienone is 1. The number of fused-ring (bicyclic) bond motifs is 3. The minimum absolute atomic E-state index is 0.0427. The van der Waals surface area contributed by atoms with Gasteiger partial charge in [0.15, 0.2) is 23.9 Å². The van der Waals surface area contributed by atoms with Crippen LogP contribution in [0.3, 0.4) is 0 Å². The summed E-state index contributed by atoms with van der Waals surface area (Å²) in [6.07, 6.45) is 0. The molecule has 0 unspecified atom stereocenters. The zero-order chi connectivity index (χ0) is 22.1. The smallest absolute Gasteiger partial charge is 0.344 e. The summed E-state index contributed by atoms with van der Waals surface area (Å²) in [7, 11) is 1.44. The molecule has 1 aliphatic heterocycles. The Labute approximate surface area is 176 Å². The number of benzene rings is 2. The van der Waals surface area contributed by atoms with Crippen molar-refractivity contribution in [3.63, 3.8) is 0 Å². The molecule has 1 atom stereocenters. The number of rotatable bonds is 5. The first-order valence-corrected chi connectivity index (χ1v) is 9.17. The van der Waals surface area contributed by atoms with E-state index in [1.165, 1.54) is 7.11 Å². The second-order valence-electron chi connectivity index (χ2n) is 6.72. The van der Waals surface area contributed by atoms with E-state index < -0.39 is 17.5 Å². The Morgan fingerprint density at radius 3 is 2.71 bits per heavy atom. The molecule has 31 heavy (non-hydrogen) atoms. The number of amides is 1. The first kappa shape index (κ1) is 19.8. The van der Waals surface area contributed by atoms with Crippen molar-refractivity contribution in [2.75, 3.05) is 13.7 Å². The van der Waals surface area contributed by atoms with Crippen LogP contribution in [-0.4, -0.2) is 19.6 Å². The van der Waals surface area contributed by atoms with Gasteiger partial charge in [-0.15, -0.1) is 0 Å². The second kappa shape index (κ2) is 7.76. The van der Waals surface area contributed by atoms with Gasteiger partial charge in [0.25, 0.3) is 5.91 Å². The molecule has 2 heterocycles. The van der Waals surface area contributed by atoms with Crippen LogP contribution < -0.4 is 31.3 Å². The molecule has 0 spiro atoms. The number of carbonyl (C=O) groups excluding carboxylic acids is 1. The minimum Gasteiger partial charge on any atom is -0.493 e. The van der Waals surface area contributed by atoms with Crippen LogP contribution in [-0.2, 0) is 4.79 Å². The highest BCUT2D eigenvalue weighted by molar-refractivity contribution is 5.86.